The maximum absolute atomic E-state index is 11.5. The van der Waals surface area contributed by atoms with Crippen LogP contribution >= 0.6 is 0 Å². The van der Waals surface area contributed by atoms with Crippen molar-refractivity contribution in [2.45, 2.75) is 150 Å². The minimum absolute atomic E-state index is 0.441. The number of carbonyl (C=O) groups excluding carboxylic acids is 1. The molecule has 42 heavy (non-hydrogen) atoms. The Morgan fingerprint density at radius 1 is 0.571 bits per heavy atom. The van der Waals surface area contributed by atoms with E-state index in [0.717, 1.165) is 32.2 Å². The monoisotopic (exact) mass is 595 g/mol. The predicted molar refractivity (Wildman–Crippen MR) is 170 cm³/mol. The number of nitrogens with zero attached hydrogens (tertiary/aromatic N) is 1. The van der Waals surface area contributed by atoms with Crippen LogP contribution in [0.3, 0.4) is 0 Å². The summed E-state index contributed by atoms with van der Waals surface area (Å²) < 4.78 is 0.578. The summed E-state index contributed by atoms with van der Waals surface area (Å²) in [5.41, 5.74) is 0. The Labute approximate surface area is 257 Å². The molecule has 0 saturated heterocycles. The zero-order chi connectivity index (χ0) is 31.6. The topological polar surface area (TPSA) is 115 Å². The van der Waals surface area contributed by atoms with Crippen LogP contribution in [0.4, 0.5) is 0 Å². The Kier molecular flexibility index (Phi) is 24.4. The van der Waals surface area contributed by atoms with Gasteiger partial charge in [-0.05, 0) is 38.5 Å². The quantitative estimate of drug-likeness (QED) is 0.0501. The van der Waals surface area contributed by atoms with Gasteiger partial charge in [0.15, 0.2) is 0 Å². The van der Waals surface area contributed by atoms with Crippen LogP contribution < -0.4 is 5.11 Å². The molecule has 0 radical (unpaired) electrons. The van der Waals surface area contributed by atoms with Crippen molar-refractivity contribution in [1.82, 2.24) is 0 Å². The van der Waals surface area contributed by atoms with Gasteiger partial charge in [0.25, 0.3) is 0 Å². The zero-order valence-electron chi connectivity index (χ0n) is 27.6. The zero-order valence-corrected chi connectivity index (χ0v) is 27.6. The van der Waals surface area contributed by atoms with Gasteiger partial charge >= 0.3 is 11.9 Å². The number of allylic oxidation sites excluding steroid dienone is 2. The second-order valence-corrected chi connectivity index (χ2v) is 12.9. The molecule has 2 N–H and O–H groups in total. The maximum Gasteiger partial charge on any atom is 0.306 e. The standard InChI is InChI=1S/C35H65NO6/c1-5-6-7-8-9-10-11-12-13-14-15-16-17-18-19-20-21-22-26-36(27-23-30(2)33(37)38,28-24-31(3)34(39)40)29-25-32(4)35(41)42/h15-16,30-32H,5-14,17-29H2,1-4H3,(H2-,37,38,39,40,41,42)/b16-15-. The first-order valence-corrected chi connectivity index (χ1v) is 17.2. The predicted octanol–water partition coefficient (Wildman–Crippen LogP) is 7.62. The van der Waals surface area contributed by atoms with Gasteiger partial charge < -0.3 is 24.6 Å². The first kappa shape index (κ1) is 40.1. The Morgan fingerprint density at radius 2 is 0.929 bits per heavy atom. The van der Waals surface area contributed by atoms with E-state index in [0.29, 0.717) is 43.4 Å². The van der Waals surface area contributed by atoms with Gasteiger partial charge in [0.05, 0.1) is 38.0 Å². The highest BCUT2D eigenvalue weighted by molar-refractivity contribution is 5.69. The van der Waals surface area contributed by atoms with Crippen molar-refractivity contribution in [1.29, 1.82) is 0 Å². The number of quaternary nitrogens is 1. The van der Waals surface area contributed by atoms with Gasteiger partial charge in [0.1, 0.15) is 0 Å². The smallest absolute Gasteiger partial charge is 0.306 e. The second-order valence-electron chi connectivity index (χ2n) is 12.9. The molecule has 7 nitrogen and oxygen atoms in total. The summed E-state index contributed by atoms with van der Waals surface area (Å²) in [5.74, 6) is -4.33. The van der Waals surface area contributed by atoms with E-state index < -0.39 is 35.7 Å². The van der Waals surface area contributed by atoms with Crippen molar-refractivity contribution >= 4 is 17.9 Å². The van der Waals surface area contributed by atoms with Crippen LogP contribution in [0.15, 0.2) is 12.2 Å². The van der Waals surface area contributed by atoms with Crippen molar-refractivity contribution in [3.8, 4) is 0 Å². The number of carboxylic acids is 3. The van der Waals surface area contributed by atoms with Gasteiger partial charge in [-0.1, -0.05) is 104 Å². The summed E-state index contributed by atoms with van der Waals surface area (Å²) >= 11 is 0. The summed E-state index contributed by atoms with van der Waals surface area (Å²) in [6, 6.07) is 0. The average molecular weight is 596 g/mol. The molecule has 0 heterocycles. The number of unbranched alkanes of at least 4 members (excludes halogenated alkanes) is 14. The largest absolute Gasteiger partial charge is 0.550 e. The van der Waals surface area contributed by atoms with Crippen LogP contribution in [-0.2, 0) is 14.4 Å². The van der Waals surface area contributed by atoms with Crippen LogP contribution in [-0.4, -0.2) is 58.8 Å². The molecule has 0 aliphatic carbocycles. The lowest BCUT2D eigenvalue weighted by atomic mass is 10.0. The molecule has 0 aromatic rings. The molecule has 0 spiro atoms. The van der Waals surface area contributed by atoms with E-state index >= 15 is 0 Å². The lowest BCUT2D eigenvalue weighted by molar-refractivity contribution is -0.929. The second kappa shape index (κ2) is 25.6. The maximum atomic E-state index is 11.5. The van der Waals surface area contributed by atoms with E-state index in [4.69, 9.17) is 0 Å². The molecule has 0 aromatic carbocycles. The van der Waals surface area contributed by atoms with Gasteiger partial charge in [-0.25, -0.2) is 0 Å². The molecule has 0 aliphatic heterocycles. The normalized spacial score (nSPS) is 15.3. The van der Waals surface area contributed by atoms with E-state index in [1.54, 1.807) is 20.8 Å². The molecule has 0 rings (SSSR count). The van der Waals surface area contributed by atoms with Gasteiger partial charge in [-0.2, -0.15) is 0 Å². The number of carboxylic acid groups (broad SMARTS) is 3. The molecule has 0 saturated carbocycles. The fourth-order valence-corrected chi connectivity index (χ4v) is 5.49. The number of carbonyl (C=O) groups is 3. The molecule has 0 aliphatic rings. The summed E-state index contributed by atoms with van der Waals surface area (Å²) in [5, 5.41) is 30.2. The van der Waals surface area contributed by atoms with Crippen molar-refractivity contribution < 1.29 is 34.2 Å². The van der Waals surface area contributed by atoms with Crippen molar-refractivity contribution in [3.63, 3.8) is 0 Å². The average Bonchev–Trinajstić information content (AvgIpc) is 2.96. The third-order valence-corrected chi connectivity index (χ3v) is 9.00. The van der Waals surface area contributed by atoms with Crippen molar-refractivity contribution in [2.24, 2.45) is 17.8 Å². The first-order valence-electron chi connectivity index (χ1n) is 17.2. The molecule has 0 bridgehead atoms. The fourth-order valence-electron chi connectivity index (χ4n) is 5.49. The molecule has 0 amide bonds. The summed E-state index contributed by atoms with van der Waals surface area (Å²) in [7, 11) is 0. The SMILES string of the molecule is CCCCCCCCCCC/C=C\CCCCCCC[N+](CCC(C)C(=O)[O-])(CCC(C)C(=O)O)CCC(C)C(=O)O. The number of aliphatic carboxylic acids is 3. The van der Waals surface area contributed by atoms with Gasteiger partial charge in [-0.3, -0.25) is 9.59 Å². The Morgan fingerprint density at radius 3 is 1.31 bits per heavy atom. The molecule has 0 aromatic heterocycles. The van der Waals surface area contributed by atoms with Crippen molar-refractivity contribution in [2.75, 3.05) is 26.2 Å². The minimum atomic E-state index is -1.08. The highest BCUT2D eigenvalue weighted by atomic mass is 16.4. The lowest BCUT2D eigenvalue weighted by Gasteiger charge is -2.41. The molecular formula is C35H65NO6. The number of hydrogen-bond donors (Lipinski definition) is 2. The molecule has 7 heteroatoms. The van der Waals surface area contributed by atoms with Gasteiger partial charge in [0, 0.05) is 31.1 Å². The van der Waals surface area contributed by atoms with E-state index in [1.165, 1.54) is 77.0 Å². The summed E-state index contributed by atoms with van der Waals surface area (Å²) in [6.07, 6.45) is 26.2. The van der Waals surface area contributed by atoms with Crippen LogP contribution in [0.25, 0.3) is 0 Å². The van der Waals surface area contributed by atoms with Gasteiger partial charge in [0.2, 0.25) is 0 Å². The van der Waals surface area contributed by atoms with E-state index in [9.17, 15) is 29.7 Å². The number of rotatable bonds is 30. The Hall–Kier alpha value is -1.89. The Balaban J connectivity index is 4.55. The molecule has 3 unspecified atom stereocenters. The van der Waals surface area contributed by atoms with Crippen LogP contribution in [0.1, 0.15) is 150 Å². The molecule has 246 valence electrons. The van der Waals surface area contributed by atoms with Crippen LogP contribution in [0.5, 0.6) is 0 Å². The highest BCUT2D eigenvalue weighted by Crippen LogP contribution is 2.22. The molecular weight excluding hydrogens is 530 g/mol. The van der Waals surface area contributed by atoms with E-state index in [-0.39, 0.29) is 0 Å². The van der Waals surface area contributed by atoms with Crippen LogP contribution in [0.2, 0.25) is 0 Å². The summed E-state index contributed by atoms with van der Waals surface area (Å²) in [6.45, 7) is 9.95. The van der Waals surface area contributed by atoms with Crippen LogP contribution in [0, 0.1) is 17.8 Å². The highest BCUT2D eigenvalue weighted by Gasteiger charge is 2.30. The van der Waals surface area contributed by atoms with E-state index in [2.05, 4.69) is 19.1 Å². The third kappa shape index (κ3) is 21.8. The Bertz CT molecular complexity index is 677. The first-order chi connectivity index (χ1) is 20.0. The minimum Gasteiger partial charge on any atom is -0.550 e. The fraction of sp³-hybridized carbons (Fsp3) is 0.857. The lowest BCUT2D eigenvalue weighted by Crippen LogP contribution is -2.52. The summed E-state index contributed by atoms with van der Waals surface area (Å²) in [4.78, 5) is 34.4. The van der Waals surface area contributed by atoms with Gasteiger partial charge in [-0.15, -0.1) is 0 Å². The number of hydrogen-bond acceptors (Lipinski definition) is 4. The molecule has 0 fully saturated rings. The third-order valence-electron chi connectivity index (χ3n) is 9.00. The van der Waals surface area contributed by atoms with Crippen molar-refractivity contribution in [3.05, 3.63) is 12.2 Å². The molecule has 3 atom stereocenters. The van der Waals surface area contributed by atoms with E-state index in [1.807, 2.05) is 0 Å².